The summed E-state index contributed by atoms with van der Waals surface area (Å²) in [5.41, 5.74) is 0.785. The molecule has 0 radical (unpaired) electrons. The standard InChI is InChI=1S/C15H12N2O5/c18-15(16-10-4-6-11(7-5-10)17(19)20)12-2-1-3-13-14(12)22-9-8-21-13/h1-7H,8-9H2,(H,16,18). The van der Waals surface area contributed by atoms with E-state index in [4.69, 9.17) is 9.47 Å². The van der Waals surface area contributed by atoms with Gasteiger partial charge in [0.1, 0.15) is 13.2 Å². The van der Waals surface area contributed by atoms with E-state index in [2.05, 4.69) is 5.32 Å². The molecule has 1 aliphatic rings. The van der Waals surface area contributed by atoms with Gasteiger partial charge < -0.3 is 14.8 Å². The van der Waals surface area contributed by atoms with Gasteiger partial charge in [-0.25, -0.2) is 0 Å². The number of anilines is 1. The van der Waals surface area contributed by atoms with E-state index in [-0.39, 0.29) is 11.6 Å². The van der Waals surface area contributed by atoms with Gasteiger partial charge >= 0.3 is 0 Å². The van der Waals surface area contributed by atoms with Gasteiger partial charge in [-0.05, 0) is 24.3 Å². The average molecular weight is 300 g/mol. The zero-order chi connectivity index (χ0) is 15.5. The van der Waals surface area contributed by atoms with Crippen molar-refractivity contribution in [2.75, 3.05) is 18.5 Å². The van der Waals surface area contributed by atoms with Crippen molar-refractivity contribution in [3.8, 4) is 11.5 Å². The highest BCUT2D eigenvalue weighted by atomic mass is 16.6. The number of amides is 1. The van der Waals surface area contributed by atoms with E-state index in [0.29, 0.717) is 36.0 Å². The van der Waals surface area contributed by atoms with Crippen molar-refractivity contribution in [2.24, 2.45) is 0 Å². The molecule has 7 heteroatoms. The lowest BCUT2D eigenvalue weighted by Crippen LogP contribution is -2.20. The number of carbonyl (C=O) groups is 1. The molecule has 0 aromatic heterocycles. The van der Waals surface area contributed by atoms with Crippen LogP contribution in [0.2, 0.25) is 0 Å². The fourth-order valence-corrected chi connectivity index (χ4v) is 2.12. The molecular weight excluding hydrogens is 288 g/mol. The van der Waals surface area contributed by atoms with Gasteiger partial charge in [0.25, 0.3) is 11.6 Å². The molecule has 112 valence electrons. The molecular formula is C15H12N2O5. The van der Waals surface area contributed by atoms with Crippen LogP contribution in [-0.2, 0) is 0 Å². The van der Waals surface area contributed by atoms with Gasteiger partial charge in [-0.3, -0.25) is 14.9 Å². The van der Waals surface area contributed by atoms with E-state index in [0.717, 1.165) is 0 Å². The van der Waals surface area contributed by atoms with Crippen LogP contribution in [0.3, 0.4) is 0 Å². The molecule has 0 spiro atoms. The summed E-state index contributed by atoms with van der Waals surface area (Å²) in [6.45, 7) is 0.829. The van der Waals surface area contributed by atoms with Crippen LogP contribution in [0.15, 0.2) is 42.5 Å². The van der Waals surface area contributed by atoms with Crippen LogP contribution in [-0.4, -0.2) is 24.0 Å². The summed E-state index contributed by atoms with van der Waals surface area (Å²) < 4.78 is 10.9. The molecule has 0 aliphatic carbocycles. The first-order chi connectivity index (χ1) is 10.6. The Morgan fingerprint density at radius 2 is 1.82 bits per heavy atom. The van der Waals surface area contributed by atoms with E-state index < -0.39 is 4.92 Å². The lowest BCUT2D eigenvalue weighted by atomic mass is 10.1. The molecule has 0 bridgehead atoms. The Morgan fingerprint density at radius 3 is 2.55 bits per heavy atom. The number of nitrogens with zero attached hydrogens (tertiary/aromatic N) is 1. The van der Waals surface area contributed by atoms with Crippen LogP contribution in [0.4, 0.5) is 11.4 Å². The van der Waals surface area contributed by atoms with E-state index in [1.165, 1.54) is 24.3 Å². The lowest BCUT2D eigenvalue weighted by molar-refractivity contribution is -0.384. The predicted molar refractivity (Wildman–Crippen MR) is 78.5 cm³/mol. The molecule has 7 nitrogen and oxygen atoms in total. The molecule has 0 saturated heterocycles. The molecule has 1 N–H and O–H groups in total. The van der Waals surface area contributed by atoms with Crippen LogP contribution in [0, 0.1) is 10.1 Å². The molecule has 1 aliphatic heterocycles. The number of nitro groups is 1. The van der Waals surface area contributed by atoms with Crippen LogP contribution < -0.4 is 14.8 Å². The molecule has 1 heterocycles. The number of hydrogen-bond donors (Lipinski definition) is 1. The van der Waals surface area contributed by atoms with Gasteiger partial charge in [-0.1, -0.05) is 6.07 Å². The lowest BCUT2D eigenvalue weighted by Gasteiger charge is -2.20. The minimum Gasteiger partial charge on any atom is -0.486 e. The highest BCUT2D eigenvalue weighted by Gasteiger charge is 2.20. The number of rotatable bonds is 3. The number of non-ortho nitro benzene ring substituents is 1. The Balaban J connectivity index is 1.81. The molecule has 2 aromatic rings. The van der Waals surface area contributed by atoms with Crippen molar-refractivity contribution in [1.29, 1.82) is 0 Å². The van der Waals surface area contributed by atoms with Gasteiger partial charge in [-0.15, -0.1) is 0 Å². The second-order valence-electron chi connectivity index (χ2n) is 4.59. The van der Waals surface area contributed by atoms with Gasteiger partial charge in [-0.2, -0.15) is 0 Å². The molecule has 0 fully saturated rings. The minimum atomic E-state index is -0.496. The largest absolute Gasteiger partial charge is 0.486 e. The van der Waals surface area contributed by atoms with Crippen molar-refractivity contribution < 1.29 is 19.2 Å². The zero-order valence-corrected chi connectivity index (χ0v) is 11.4. The normalized spacial score (nSPS) is 12.5. The third kappa shape index (κ3) is 2.69. The topological polar surface area (TPSA) is 90.7 Å². The van der Waals surface area contributed by atoms with Gasteiger partial charge in [0, 0.05) is 17.8 Å². The van der Waals surface area contributed by atoms with Crippen molar-refractivity contribution in [1.82, 2.24) is 0 Å². The summed E-state index contributed by atoms with van der Waals surface area (Å²) in [5.74, 6) is 0.576. The summed E-state index contributed by atoms with van der Waals surface area (Å²) in [6.07, 6.45) is 0. The van der Waals surface area contributed by atoms with Gasteiger partial charge in [0.05, 0.1) is 10.5 Å². The molecule has 0 unspecified atom stereocenters. The van der Waals surface area contributed by atoms with Crippen LogP contribution in [0.5, 0.6) is 11.5 Å². The van der Waals surface area contributed by atoms with Crippen molar-refractivity contribution >= 4 is 17.3 Å². The smallest absolute Gasteiger partial charge is 0.269 e. The van der Waals surface area contributed by atoms with Crippen LogP contribution in [0.1, 0.15) is 10.4 Å². The monoisotopic (exact) mass is 300 g/mol. The Bertz CT molecular complexity index is 727. The Hall–Kier alpha value is -3.09. The molecule has 22 heavy (non-hydrogen) atoms. The quantitative estimate of drug-likeness (QED) is 0.695. The van der Waals surface area contributed by atoms with E-state index in [1.807, 2.05) is 0 Å². The number of nitro benzene ring substituents is 1. The first-order valence-corrected chi connectivity index (χ1v) is 6.59. The number of benzene rings is 2. The minimum absolute atomic E-state index is 0.0353. The second-order valence-corrected chi connectivity index (χ2v) is 4.59. The van der Waals surface area contributed by atoms with Crippen LogP contribution >= 0.6 is 0 Å². The van der Waals surface area contributed by atoms with Crippen molar-refractivity contribution in [2.45, 2.75) is 0 Å². The van der Waals surface area contributed by atoms with Gasteiger partial charge in [0.2, 0.25) is 0 Å². The maximum Gasteiger partial charge on any atom is 0.269 e. The number of carbonyl (C=O) groups excluding carboxylic acids is 1. The summed E-state index contributed by atoms with van der Waals surface area (Å²) in [5, 5.41) is 13.3. The molecule has 2 aromatic carbocycles. The summed E-state index contributed by atoms with van der Waals surface area (Å²) in [4.78, 5) is 22.4. The number of ether oxygens (including phenoxy) is 2. The Kier molecular flexibility index (Phi) is 3.61. The third-order valence-electron chi connectivity index (χ3n) is 3.15. The number of fused-ring (bicyclic) bond motifs is 1. The molecule has 3 rings (SSSR count). The first kappa shape index (κ1) is 13.9. The fraction of sp³-hybridized carbons (Fsp3) is 0.133. The van der Waals surface area contributed by atoms with Crippen molar-refractivity contribution in [3.63, 3.8) is 0 Å². The maximum absolute atomic E-state index is 12.3. The van der Waals surface area contributed by atoms with E-state index in [9.17, 15) is 14.9 Å². The highest BCUT2D eigenvalue weighted by molar-refractivity contribution is 6.06. The number of hydrogen-bond acceptors (Lipinski definition) is 5. The number of para-hydroxylation sites is 1. The summed E-state index contributed by atoms with van der Waals surface area (Å²) in [6, 6.07) is 10.7. The highest BCUT2D eigenvalue weighted by Crippen LogP contribution is 2.34. The predicted octanol–water partition coefficient (Wildman–Crippen LogP) is 2.62. The third-order valence-corrected chi connectivity index (χ3v) is 3.15. The molecule has 0 saturated carbocycles. The fourth-order valence-electron chi connectivity index (χ4n) is 2.12. The zero-order valence-electron chi connectivity index (χ0n) is 11.4. The molecule has 1 amide bonds. The van der Waals surface area contributed by atoms with E-state index >= 15 is 0 Å². The first-order valence-electron chi connectivity index (χ1n) is 6.59. The average Bonchev–Trinajstić information content (AvgIpc) is 2.54. The maximum atomic E-state index is 12.3. The SMILES string of the molecule is O=C(Nc1ccc([N+](=O)[O-])cc1)c1cccc2c1OCCO2. The van der Waals surface area contributed by atoms with Gasteiger partial charge in [0.15, 0.2) is 11.5 Å². The Morgan fingerprint density at radius 1 is 1.09 bits per heavy atom. The van der Waals surface area contributed by atoms with Crippen LogP contribution in [0.25, 0.3) is 0 Å². The Labute approximate surface area is 125 Å². The van der Waals surface area contributed by atoms with Crippen molar-refractivity contribution in [3.05, 3.63) is 58.1 Å². The molecule has 0 atom stereocenters. The number of nitrogens with one attached hydrogen (secondary N) is 1. The van der Waals surface area contributed by atoms with E-state index in [1.54, 1.807) is 18.2 Å². The summed E-state index contributed by atoms with van der Waals surface area (Å²) >= 11 is 0. The second kappa shape index (κ2) is 5.72. The summed E-state index contributed by atoms with van der Waals surface area (Å²) in [7, 11) is 0.